The van der Waals surface area contributed by atoms with Crippen LogP contribution >= 0.6 is 0 Å². The van der Waals surface area contributed by atoms with E-state index in [9.17, 15) is 4.79 Å². The van der Waals surface area contributed by atoms with E-state index in [0.717, 1.165) is 50.6 Å². The van der Waals surface area contributed by atoms with Crippen LogP contribution in [0.5, 0.6) is 0 Å². The predicted molar refractivity (Wildman–Crippen MR) is 88.0 cm³/mol. The van der Waals surface area contributed by atoms with Crippen molar-refractivity contribution in [3.05, 3.63) is 17.5 Å². The van der Waals surface area contributed by atoms with Gasteiger partial charge in [0.1, 0.15) is 5.76 Å². The summed E-state index contributed by atoms with van der Waals surface area (Å²) in [4.78, 5) is 16.6. The van der Waals surface area contributed by atoms with Crippen LogP contribution in [-0.4, -0.2) is 52.7 Å². The van der Waals surface area contributed by atoms with E-state index in [1.807, 2.05) is 17.9 Å². The van der Waals surface area contributed by atoms with Gasteiger partial charge in [0.2, 0.25) is 5.91 Å². The van der Waals surface area contributed by atoms with Crippen LogP contribution in [0.4, 0.5) is 0 Å². The number of carbonyl (C=O) groups is 1. The molecule has 2 aliphatic rings. The summed E-state index contributed by atoms with van der Waals surface area (Å²) in [5, 5.41) is 12.2. The number of terminal acetylenes is 1. The van der Waals surface area contributed by atoms with Crippen molar-refractivity contribution in [3.8, 4) is 12.3 Å². The molecule has 3 heterocycles. The third-order valence-corrected chi connectivity index (χ3v) is 4.58. The quantitative estimate of drug-likeness (QED) is 0.717. The molecular weight excluding hydrogens is 306 g/mol. The van der Waals surface area contributed by atoms with E-state index >= 15 is 0 Å². The largest absolute Gasteiger partial charge is 0.361 e. The summed E-state index contributed by atoms with van der Waals surface area (Å²) in [7, 11) is 0. The first-order chi connectivity index (χ1) is 11.6. The van der Waals surface area contributed by atoms with E-state index in [1.54, 1.807) is 0 Å². The van der Waals surface area contributed by atoms with Gasteiger partial charge in [-0.1, -0.05) is 5.16 Å². The number of hydrogen-bond donors (Lipinski definition) is 0. The van der Waals surface area contributed by atoms with Crippen LogP contribution in [0.15, 0.2) is 20.8 Å². The fraction of sp³-hybridized carbons (Fsp3) is 0.647. The van der Waals surface area contributed by atoms with Gasteiger partial charge < -0.3 is 9.42 Å². The van der Waals surface area contributed by atoms with Gasteiger partial charge in [0.05, 0.1) is 5.69 Å². The molecule has 0 saturated carbocycles. The highest BCUT2D eigenvalue weighted by Gasteiger charge is 2.39. The average Bonchev–Trinajstić information content (AvgIpc) is 3.26. The summed E-state index contributed by atoms with van der Waals surface area (Å²) in [5.41, 5.74) is 0.578. The molecule has 24 heavy (non-hydrogen) atoms. The lowest BCUT2D eigenvalue weighted by Gasteiger charge is -2.34. The first kappa shape index (κ1) is 16.7. The Labute approximate surface area is 142 Å². The first-order valence-corrected chi connectivity index (χ1v) is 8.40. The van der Waals surface area contributed by atoms with Crippen molar-refractivity contribution in [3.63, 3.8) is 0 Å². The minimum atomic E-state index is -0.366. The molecular formula is C17H23N5O2. The molecule has 3 rings (SSSR count). The molecule has 0 unspecified atom stereocenters. The van der Waals surface area contributed by atoms with Crippen molar-refractivity contribution >= 4 is 5.91 Å². The summed E-state index contributed by atoms with van der Waals surface area (Å²) in [5.74, 6) is 3.62. The SMILES string of the molecule is C#CCCC1(CCC(=O)N2CCN(Cc3cc(C)on3)CC2)N=N1. The molecule has 1 aromatic heterocycles. The summed E-state index contributed by atoms with van der Waals surface area (Å²) in [6.07, 6.45) is 7.85. The number of piperazine rings is 1. The number of aryl methyl sites for hydroxylation is 1. The second-order valence-electron chi connectivity index (χ2n) is 6.47. The molecule has 7 heteroatoms. The summed E-state index contributed by atoms with van der Waals surface area (Å²) >= 11 is 0. The van der Waals surface area contributed by atoms with E-state index in [2.05, 4.69) is 26.2 Å². The average molecular weight is 329 g/mol. The van der Waals surface area contributed by atoms with Crippen molar-refractivity contribution in [2.75, 3.05) is 26.2 Å². The Morgan fingerprint density at radius 3 is 2.67 bits per heavy atom. The molecule has 1 saturated heterocycles. The fourth-order valence-corrected chi connectivity index (χ4v) is 3.01. The van der Waals surface area contributed by atoms with Crippen LogP contribution < -0.4 is 0 Å². The Morgan fingerprint density at radius 2 is 2.08 bits per heavy atom. The Hall–Kier alpha value is -2.20. The normalized spacial score (nSPS) is 19.2. The number of amides is 1. The van der Waals surface area contributed by atoms with Crippen molar-refractivity contribution in [1.29, 1.82) is 0 Å². The third-order valence-electron chi connectivity index (χ3n) is 4.58. The zero-order valence-corrected chi connectivity index (χ0v) is 14.1. The molecule has 1 fully saturated rings. The van der Waals surface area contributed by atoms with Crippen LogP contribution in [0, 0.1) is 19.3 Å². The zero-order chi connectivity index (χ0) is 17.0. The van der Waals surface area contributed by atoms with Crippen LogP contribution in [0.2, 0.25) is 0 Å². The number of hydrogen-bond acceptors (Lipinski definition) is 6. The Balaban J connectivity index is 1.38. The lowest BCUT2D eigenvalue weighted by molar-refractivity contribution is -0.133. The molecule has 0 radical (unpaired) electrons. The van der Waals surface area contributed by atoms with Gasteiger partial charge >= 0.3 is 0 Å². The minimum absolute atomic E-state index is 0.185. The van der Waals surface area contributed by atoms with Gasteiger partial charge in [-0.2, -0.15) is 10.2 Å². The predicted octanol–water partition coefficient (Wildman–Crippen LogP) is 1.98. The van der Waals surface area contributed by atoms with E-state index < -0.39 is 0 Å². The number of carbonyl (C=O) groups excluding carboxylic acids is 1. The molecule has 0 spiro atoms. The van der Waals surface area contributed by atoms with Crippen LogP contribution in [-0.2, 0) is 11.3 Å². The van der Waals surface area contributed by atoms with E-state index in [0.29, 0.717) is 19.3 Å². The topological polar surface area (TPSA) is 74.3 Å². The minimum Gasteiger partial charge on any atom is -0.361 e. The maximum absolute atomic E-state index is 12.4. The van der Waals surface area contributed by atoms with Gasteiger partial charge in [-0.3, -0.25) is 9.69 Å². The van der Waals surface area contributed by atoms with E-state index in [-0.39, 0.29) is 11.6 Å². The van der Waals surface area contributed by atoms with Crippen LogP contribution in [0.3, 0.4) is 0 Å². The highest BCUT2D eigenvalue weighted by atomic mass is 16.5. The van der Waals surface area contributed by atoms with Crippen LogP contribution in [0.25, 0.3) is 0 Å². The lowest BCUT2D eigenvalue weighted by Crippen LogP contribution is -2.48. The first-order valence-electron chi connectivity index (χ1n) is 8.40. The van der Waals surface area contributed by atoms with Gasteiger partial charge in [-0.15, -0.1) is 12.3 Å². The maximum Gasteiger partial charge on any atom is 0.222 e. The summed E-state index contributed by atoms with van der Waals surface area (Å²) in [6, 6.07) is 1.95. The van der Waals surface area contributed by atoms with Crippen molar-refractivity contribution in [2.24, 2.45) is 10.2 Å². The van der Waals surface area contributed by atoms with E-state index in [1.165, 1.54) is 0 Å². The molecule has 128 valence electrons. The molecule has 1 amide bonds. The van der Waals surface area contributed by atoms with Gasteiger partial charge in [0.15, 0.2) is 5.66 Å². The fourth-order valence-electron chi connectivity index (χ4n) is 3.01. The summed E-state index contributed by atoms with van der Waals surface area (Å²) in [6.45, 7) is 5.88. The van der Waals surface area contributed by atoms with Crippen LogP contribution in [0.1, 0.15) is 37.1 Å². The Kier molecular flexibility index (Phi) is 4.95. The van der Waals surface area contributed by atoms with Crippen molar-refractivity contribution < 1.29 is 9.32 Å². The second-order valence-corrected chi connectivity index (χ2v) is 6.47. The number of nitrogens with zero attached hydrogens (tertiary/aromatic N) is 5. The highest BCUT2D eigenvalue weighted by molar-refractivity contribution is 5.76. The van der Waals surface area contributed by atoms with Gasteiger partial charge in [-0.25, -0.2) is 0 Å². The maximum atomic E-state index is 12.4. The molecule has 0 bridgehead atoms. The molecule has 7 nitrogen and oxygen atoms in total. The Bertz CT molecular complexity index is 646. The monoisotopic (exact) mass is 329 g/mol. The Morgan fingerprint density at radius 1 is 1.33 bits per heavy atom. The zero-order valence-electron chi connectivity index (χ0n) is 14.1. The van der Waals surface area contributed by atoms with Gasteiger partial charge in [0, 0.05) is 64.5 Å². The van der Waals surface area contributed by atoms with Gasteiger partial charge in [-0.05, 0) is 6.92 Å². The van der Waals surface area contributed by atoms with Crippen molar-refractivity contribution in [2.45, 2.75) is 44.8 Å². The second kappa shape index (κ2) is 7.14. The molecule has 0 aliphatic carbocycles. The number of rotatable bonds is 7. The molecule has 0 atom stereocenters. The lowest BCUT2D eigenvalue weighted by atomic mass is 10.0. The summed E-state index contributed by atoms with van der Waals surface area (Å²) < 4.78 is 5.09. The third kappa shape index (κ3) is 4.20. The van der Waals surface area contributed by atoms with Gasteiger partial charge in [0.25, 0.3) is 0 Å². The standard InChI is InChI=1S/C17H23N5O2/c1-3-4-6-17(19-20-17)7-5-16(23)22-10-8-21(9-11-22)13-15-12-14(2)24-18-15/h1,12H,4-11,13H2,2H3. The molecule has 2 aliphatic heterocycles. The highest BCUT2D eigenvalue weighted by Crippen LogP contribution is 2.37. The molecule has 0 N–H and O–H groups in total. The number of aromatic nitrogens is 1. The molecule has 1 aromatic rings. The van der Waals surface area contributed by atoms with Crippen molar-refractivity contribution in [1.82, 2.24) is 15.0 Å². The molecule has 0 aromatic carbocycles. The smallest absolute Gasteiger partial charge is 0.222 e. The van der Waals surface area contributed by atoms with E-state index in [4.69, 9.17) is 10.9 Å².